The van der Waals surface area contributed by atoms with Crippen LogP contribution in [0.3, 0.4) is 0 Å². The molecule has 0 fully saturated rings. The Labute approximate surface area is 97.4 Å². The minimum Gasteiger partial charge on any atom is -0.495 e. The van der Waals surface area contributed by atoms with Crippen LogP contribution in [-0.4, -0.2) is 16.5 Å². The number of nitrogen functional groups attached to an aromatic ring is 1. The van der Waals surface area contributed by atoms with E-state index in [-0.39, 0.29) is 0 Å². The molecule has 3 N–H and O–H groups in total. The van der Waals surface area contributed by atoms with Crippen molar-refractivity contribution in [1.82, 2.24) is 9.36 Å². The fourth-order valence-electron chi connectivity index (χ4n) is 1.32. The molecule has 2 aromatic rings. The van der Waals surface area contributed by atoms with Gasteiger partial charge in [0.25, 0.3) is 0 Å². The van der Waals surface area contributed by atoms with Crippen molar-refractivity contribution in [3.8, 4) is 5.75 Å². The lowest BCUT2D eigenvalue weighted by Gasteiger charge is -2.07. The van der Waals surface area contributed by atoms with Gasteiger partial charge in [0.05, 0.1) is 12.8 Å². The molecule has 6 heteroatoms. The summed E-state index contributed by atoms with van der Waals surface area (Å²) >= 11 is 1.33. The van der Waals surface area contributed by atoms with Gasteiger partial charge in [0.2, 0.25) is 5.13 Å². The van der Waals surface area contributed by atoms with Crippen LogP contribution in [0, 0.1) is 0 Å². The van der Waals surface area contributed by atoms with Crippen LogP contribution in [0.15, 0.2) is 24.5 Å². The summed E-state index contributed by atoms with van der Waals surface area (Å²) in [6, 6.07) is 5.70. The van der Waals surface area contributed by atoms with Crippen LogP contribution in [0.5, 0.6) is 5.75 Å². The molecule has 0 atom stereocenters. The maximum Gasteiger partial charge on any atom is 0.202 e. The number of hydrogen-bond donors (Lipinski definition) is 2. The van der Waals surface area contributed by atoms with Crippen molar-refractivity contribution in [3.63, 3.8) is 0 Å². The van der Waals surface area contributed by atoms with E-state index >= 15 is 0 Å². The molecule has 1 aromatic heterocycles. The average Bonchev–Trinajstić information content (AvgIpc) is 2.79. The van der Waals surface area contributed by atoms with E-state index in [1.54, 1.807) is 7.11 Å². The van der Waals surface area contributed by atoms with Crippen molar-refractivity contribution in [2.24, 2.45) is 0 Å². The van der Waals surface area contributed by atoms with E-state index in [9.17, 15) is 0 Å². The molecule has 0 radical (unpaired) electrons. The number of methoxy groups -OCH3 is 1. The van der Waals surface area contributed by atoms with E-state index in [0.29, 0.717) is 18.0 Å². The Morgan fingerprint density at radius 2 is 2.38 bits per heavy atom. The zero-order valence-electron chi connectivity index (χ0n) is 8.80. The molecule has 0 spiro atoms. The standard InChI is InChI=1S/C10H12N4OS/c1-15-9-3-2-7(4-8(9)11)5-12-10-13-6-14-16-10/h2-4,6H,5,11H2,1H3,(H,12,13,14). The van der Waals surface area contributed by atoms with Crippen LogP contribution in [-0.2, 0) is 6.54 Å². The molecule has 1 heterocycles. The molecule has 0 saturated carbocycles. The first kappa shape index (κ1) is 10.7. The Kier molecular flexibility index (Phi) is 3.21. The fraction of sp³-hybridized carbons (Fsp3) is 0.200. The highest BCUT2D eigenvalue weighted by Crippen LogP contribution is 2.22. The topological polar surface area (TPSA) is 73.1 Å². The molecule has 0 bridgehead atoms. The van der Waals surface area contributed by atoms with Crippen LogP contribution in [0.25, 0.3) is 0 Å². The maximum absolute atomic E-state index is 5.80. The second-order valence-electron chi connectivity index (χ2n) is 3.18. The average molecular weight is 236 g/mol. The summed E-state index contributed by atoms with van der Waals surface area (Å²) in [6.45, 7) is 0.670. The summed E-state index contributed by atoms with van der Waals surface area (Å²) < 4.78 is 8.99. The number of nitrogens with one attached hydrogen (secondary N) is 1. The minimum absolute atomic E-state index is 0.638. The fourth-order valence-corrected chi connectivity index (χ4v) is 1.75. The van der Waals surface area contributed by atoms with E-state index in [4.69, 9.17) is 10.5 Å². The number of anilines is 2. The van der Waals surface area contributed by atoms with Crippen molar-refractivity contribution in [2.45, 2.75) is 6.54 Å². The van der Waals surface area contributed by atoms with Crippen LogP contribution in [0.2, 0.25) is 0 Å². The van der Waals surface area contributed by atoms with Crippen molar-refractivity contribution in [2.75, 3.05) is 18.2 Å². The van der Waals surface area contributed by atoms with Crippen LogP contribution >= 0.6 is 11.5 Å². The predicted octanol–water partition coefficient (Wildman–Crippen LogP) is 1.74. The summed E-state index contributed by atoms with van der Waals surface area (Å²) in [6.07, 6.45) is 1.52. The lowest BCUT2D eigenvalue weighted by Crippen LogP contribution is -2.00. The Balaban J connectivity index is 2.02. The van der Waals surface area contributed by atoms with E-state index in [0.717, 1.165) is 10.7 Å². The molecule has 5 nitrogen and oxygen atoms in total. The summed E-state index contributed by atoms with van der Waals surface area (Å²) in [5, 5.41) is 3.95. The number of hydrogen-bond acceptors (Lipinski definition) is 6. The highest BCUT2D eigenvalue weighted by Gasteiger charge is 2.01. The molecular weight excluding hydrogens is 224 g/mol. The van der Waals surface area contributed by atoms with Gasteiger partial charge < -0.3 is 15.8 Å². The molecule has 16 heavy (non-hydrogen) atoms. The van der Waals surface area contributed by atoms with Crippen LogP contribution < -0.4 is 15.8 Å². The first-order valence-electron chi connectivity index (χ1n) is 4.72. The SMILES string of the molecule is COc1ccc(CNc2ncns2)cc1N. The third kappa shape index (κ3) is 2.40. The predicted molar refractivity (Wildman–Crippen MR) is 64.6 cm³/mol. The number of rotatable bonds is 4. The lowest BCUT2D eigenvalue weighted by atomic mass is 10.2. The van der Waals surface area contributed by atoms with Gasteiger partial charge in [0, 0.05) is 18.1 Å². The summed E-state index contributed by atoms with van der Waals surface area (Å²) in [5.74, 6) is 0.694. The molecule has 0 saturated heterocycles. The van der Waals surface area contributed by atoms with Gasteiger partial charge in [0.15, 0.2) is 0 Å². The molecule has 1 aromatic carbocycles. The molecule has 0 unspecified atom stereocenters. The maximum atomic E-state index is 5.80. The van der Waals surface area contributed by atoms with E-state index in [1.165, 1.54) is 17.9 Å². The Bertz CT molecular complexity index is 458. The van der Waals surface area contributed by atoms with Crippen LogP contribution in [0.4, 0.5) is 10.8 Å². The number of nitrogens with two attached hydrogens (primary N) is 1. The van der Waals surface area contributed by atoms with Crippen molar-refractivity contribution >= 4 is 22.4 Å². The Hall–Kier alpha value is -1.82. The van der Waals surface area contributed by atoms with Crippen molar-refractivity contribution in [3.05, 3.63) is 30.1 Å². The van der Waals surface area contributed by atoms with E-state index in [2.05, 4.69) is 14.7 Å². The van der Waals surface area contributed by atoms with Crippen molar-refractivity contribution < 1.29 is 4.74 Å². The zero-order chi connectivity index (χ0) is 11.4. The van der Waals surface area contributed by atoms with Gasteiger partial charge >= 0.3 is 0 Å². The quantitative estimate of drug-likeness (QED) is 0.791. The summed E-state index contributed by atoms with van der Waals surface area (Å²) in [5.41, 5.74) is 7.52. The number of ether oxygens (including phenoxy) is 1. The molecule has 0 aliphatic heterocycles. The van der Waals surface area contributed by atoms with Gasteiger partial charge in [-0.2, -0.15) is 4.37 Å². The Morgan fingerprint density at radius 3 is 3.00 bits per heavy atom. The highest BCUT2D eigenvalue weighted by atomic mass is 32.1. The second-order valence-corrected chi connectivity index (χ2v) is 3.96. The van der Waals surface area contributed by atoms with E-state index < -0.39 is 0 Å². The summed E-state index contributed by atoms with van der Waals surface area (Å²) in [4.78, 5) is 4.03. The number of aromatic nitrogens is 2. The molecule has 0 aliphatic carbocycles. The first-order valence-corrected chi connectivity index (χ1v) is 5.50. The lowest BCUT2D eigenvalue weighted by molar-refractivity contribution is 0.417. The third-order valence-electron chi connectivity index (χ3n) is 2.10. The largest absolute Gasteiger partial charge is 0.495 e. The molecule has 84 valence electrons. The molecular formula is C10H12N4OS. The third-order valence-corrected chi connectivity index (χ3v) is 2.72. The number of nitrogens with zero attached hydrogens (tertiary/aromatic N) is 2. The number of benzene rings is 1. The smallest absolute Gasteiger partial charge is 0.202 e. The molecule has 2 rings (SSSR count). The normalized spacial score (nSPS) is 10.1. The summed E-state index contributed by atoms with van der Waals surface area (Å²) in [7, 11) is 1.60. The molecule has 0 aliphatic rings. The van der Waals surface area contributed by atoms with Gasteiger partial charge in [-0.3, -0.25) is 0 Å². The zero-order valence-corrected chi connectivity index (χ0v) is 9.62. The van der Waals surface area contributed by atoms with Gasteiger partial charge in [-0.15, -0.1) is 0 Å². The monoisotopic (exact) mass is 236 g/mol. The first-order chi connectivity index (χ1) is 7.79. The second kappa shape index (κ2) is 4.80. The minimum atomic E-state index is 0.638. The van der Waals surface area contributed by atoms with Crippen molar-refractivity contribution in [1.29, 1.82) is 0 Å². The Morgan fingerprint density at radius 1 is 1.50 bits per heavy atom. The molecule has 0 amide bonds. The highest BCUT2D eigenvalue weighted by molar-refractivity contribution is 7.09. The van der Waals surface area contributed by atoms with Gasteiger partial charge in [-0.25, -0.2) is 4.98 Å². The van der Waals surface area contributed by atoms with E-state index in [1.807, 2.05) is 18.2 Å². The van der Waals surface area contributed by atoms with Gasteiger partial charge in [-0.05, 0) is 17.7 Å². The van der Waals surface area contributed by atoms with Crippen LogP contribution in [0.1, 0.15) is 5.56 Å². The van der Waals surface area contributed by atoms with Gasteiger partial charge in [0.1, 0.15) is 12.1 Å². The van der Waals surface area contributed by atoms with Gasteiger partial charge in [-0.1, -0.05) is 6.07 Å².